The van der Waals surface area contributed by atoms with Gasteiger partial charge in [-0.2, -0.15) is 0 Å². The lowest BCUT2D eigenvalue weighted by Crippen LogP contribution is -2.49. The molecule has 1 aliphatic rings. The lowest BCUT2D eigenvalue weighted by atomic mass is 10.0. The van der Waals surface area contributed by atoms with Crippen molar-refractivity contribution >= 4 is 5.91 Å². The fraction of sp³-hybridized carbons (Fsp3) is 0.933. The Morgan fingerprint density at radius 2 is 2.00 bits per heavy atom. The summed E-state index contributed by atoms with van der Waals surface area (Å²) in [6.45, 7) is 9.43. The van der Waals surface area contributed by atoms with Crippen molar-refractivity contribution in [2.75, 3.05) is 39.4 Å². The molecule has 0 bridgehead atoms. The number of rotatable bonds is 9. The maximum absolute atomic E-state index is 11.8. The van der Waals surface area contributed by atoms with Crippen LogP contribution < -0.4 is 11.1 Å². The molecule has 1 heterocycles. The summed E-state index contributed by atoms with van der Waals surface area (Å²) in [6.07, 6.45) is 3.51. The molecule has 1 aliphatic heterocycles. The summed E-state index contributed by atoms with van der Waals surface area (Å²) < 4.78 is 5.41. The molecule has 5 nitrogen and oxygen atoms in total. The zero-order valence-corrected chi connectivity index (χ0v) is 13.1. The molecule has 0 aromatic rings. The molecule has 0 spiro atoms. The third-order valence-electron chi connectivity index (χ3n) is 3.70. The monoisotopic (exact) mass is 285 g/mol. The molecule has 1 fully saturated rings. The first-order chi connectivity index (χ1) is 9.63. The van der Waals surface area contributed by atoms with Crippen LogP contribution in [0, 0.1) is 5.92 Å². The molecule has 1 atom stereocenters. The van der Waals surface area contributed by atoms with Gasteiger partial charge < -0.3 is 15.8 Å². The van der Waals surface area contributed by atoms with Crippen molar-refractivity contribution in [3.05, 3.63) is 0 Å². The van der Waals surface area contributed by atoms with Gasteiger partial charge in [0.1, 0.15) is 0 Å². The third-order valence-corrected chi connectivity index (χ3v) is 3.70. The first kappa shape index (κ1) is 17.4. The Bertz CT molecular complexity index is 266. The topological polar surface area (TPSA) is 67.6 Å². The number of morpholine rings is 1. The average Bonchev–Trinajstić information content (AvgIpc) is 2.44. The van der Waals surface area contributed by atoms with E-state index in [0.717, 1.165) is 52.1 Å². The van der Waals surface area contributed by atoms with Crippen LogP contribution in [0.15, 0.2) is 0 Å². The van der Waals surface area contributed by atoms with E-state index in [4.69, 9.17) is 10.5 Å². The molecule has 118 valence electrons. The molecule has 0 aromatic carbocycles. The SMILES string of the molecule is CC(C)CC(CNC(=O)CCCCN)N1CCOCC1. The standard InChI is InChI=1S/C15H31N3O2/c1-13(2)11-14(18-7-9-20-10-8-18)12-17-15(19)5-3-4-6-16/h13-14H,3-12,16H2,1-2H3,(H,17,19). The van der Waals surface area contributed by atoms with E-state index in [1.165, 1.54) is 0 Å². The number of amides is 1. The highest BCUT2D eigenvalue weighted by Crippen LogP contribution is 2.13. The maximum atomic E-state index is 11.8. The molecule has 1 amide bonds. The van der Waals surface area contributed by atoms with Gasteiger partial charge in [-0.3, -0.25) is 9.69 Å². The highest BCUT2D eigenvalue weighted by atomic mass is 16.5. The number of nitrogens with two attached hydrogens (primary N) is 1. The molecule has 20 heavy (non-hydrogen) atoms. The quantitative estimate of drug-likeness (QED) is 0.620. The smallest absolute Gasteiger partial charge is 0.220 e. The van der Waals surface area contributed by atoms with Gasteiger partial charge in [-0.25, -0.2) is 0 Å². The van der Waals surface area contributed by atoms with Crippen LogP contribution in [0.4, 0.5) is 0 Å². The molecule has 0 aliphatic carbocycles. The van der Waals surface area contributed by atoms with Crippen LogP contribution in [0.3, 0.4) is 0 Å². The van der Waals surface area contributed by atoms with E-state index in [9.17, 15) is 4.79 Å². The van der Waals surface area contributed by atoms with Crippen LogP contribution in [-0.2, 0) is 9.53 Å². The predicted molar refractivity (Wildman–Crippen MR) is 81.6 cm³/mol. The minimum absolute atomic E-state index is 0.153. The van der Waals surface area contributed by atoms with Crippen LogP contribution in [0.25, 0.3) is 0 Å². The molecule has 1 unspecified atom stereocenters. The van der Waals surface area contributed by atoms with Crippen LogP contribution >= 0.6 is 0 Å². The Hall–Kier alpha value is -0.650. The molecule has 0 saturated carbocycles. The maximum Gasteiger partial charge on any atom is 0.220 e. The molecule has 3 N–H and O–H groups in total. The van der Waals surface area contributed by atoms with Gasteiger partial charge in [-0.1, -0.05) is 13.8 Å². The third kappa shape index (κ3) is 7.22. The van der Waals surface area contributed by atoms with E-state index in [-0.39, 0.29) is 5.91 Å². The van der Waals surface area contributed by atoms with E-state index < -0.39 is 0 Å². The van der Waals surface area contributed by atoms with Crippen molar-refractivity contribution in [3.63, 3.8) is 0 Å². The molecule has 0 radical (unpaired) electrons. The Morgan fingerprint density at radius 3 is 2.60 bits per heavy atom. The van der Waals surface area contributed by atoms with Gasteiger partial charge in [0.25, 0.3) is 0 Å². The van der Waals surface area contributed by atoms with Gasteiger partial charge in [-0.15, -0.1) is 0 Å². The van der Waals surface area contributed by atoms with E-state index in [2.05, 4.69) is 24.1 Å². The first-order valence-electron chi connectivity index (χ1n) is 7.92. The summed E-state index contributed by atoms with van der Waals surface area (Å²) >= 11 is 0. The number of nitrogens with one attached hydrogen (secondary N) is 1. The van der Waals surface area contributed by atoms with E-state index in [0.29, 0.717) is 24.9 Å². The van der Waals surface area contributed by atoms with E-state index >= 15 is 0 Å². The van der Waals surface area contributed by atoms with Gasteiger partial charge in [0.05, 0.1) is 13.2 Å². The minimum atomic E-state index is 0.153. The van der Waals surface area contributed by atoms with Gasteiger partial charge in [-0.05, 0) is 31.7 Å². The molecular weight excluding hydrogens is 254 g/mol. The average molecular weight is 285 g/mol. The number of carbonyl (C=O) groups is 1. The Morgan fingerprint density at radius 1 is 1.30 bits per heavy atom. The highest BCUT2D eigenvalue weighted by molar-refractivity contribution is 5.75. The van der Waals surface area contributed by atoms with Crippen LogP contribution in [0.5, 0.6) is 0 Å². The molecule has 5 heteroatoms. The van der Waals surface area contributed by atoms with Crippen molar-refractivity contribution in [2.45, 2.75) is 45.6 Å². The van der Waals surface area contributed by atoms with Crippen molar-refractivity contribution < 1.29 is 9.53 Å². The second-order valence-electron chi connectivity index (χ2n) is 5.98. The van der Waals surface area contributed by atoms with Crippen molar-refractivity contribution in [1.29, 1.82) is 0 Å². The number of hydrogen-bond donors (Lipinski definition) is 2. The lowest BCUT2D eigenvalue weighted by molar-refractivity contribution is -0.121. The van der Waals surface area contributed by atoms with E-state index in [1.807, 2.05) is 0 Å². The number of nitrogens with zero attached hydrogens (tertiary/aromatic N) is 1. The van der Waals surface area contributed by atoms with Crippen LogP contribution in [-0.4, -0.2) is 56.2 Å². The Kier molecular flexibility index (Phi) is 8.82. The minimum Gasteiger partial charge on any atom is -0.379 e. The molecule has 0 aromatic heterocycles. The summed E-state index contributed by atoms with van der Waals surface area (Å²) in [5, 5.41) is 3.08. The van der Waals surface area contributed by atoms with Gasteiger partial charge in [0.2, 0.25) is 5.91 Å². The Labute approximate surface area is 123 Å². The Balaban J connectivity index is 2.33. The normalized spacial score (nSPS) is 18.2. The summed E-state index contributed by atoms with van der Waals surface area (Å²) in [6, 6.07) is 0.428. The van der Waals surface area contributed by atoms with Crippen molar-refractivity contribution in [2.24, 2.45) is 11.7 Å². The van der Waals surface area contributed by atoms with Crippen molar-refractivity contribution in [3.8, 4) is 0 Å². The zero-order chi connectivity index (χ0) is 14.8. The van der Waals surface area contributed by atoms with Crippen molar-refractivity contribution in [1.82, 2.24) is 10.2 Å². The first-order valence-corrected chi connectivity index (χ1v) is 7.92. The fourth-order valence-electron chi connectivity index (χ4n) is 2.60. The highest BCUT2D eigenvalue weighted by Gasteiger charge is 2.22. The largest absolute Gasteiger partial charge is 0.379 e. The second-order valence-corrected chi connectivity index (χ2v) is 5.98. The fourth-order valence-corrected chi connectivity index (χ4v) is 2.60. The second kappa shape index (κ2) is 10.1. The molecule has 1 rings (SSSR count). The van der Waals surface area contributed by atoms with Gasteiger partial charge in [0, 0.05) is 32.1 Å². The number of unbranched alkanes of at least 4 members (excludes halogenated alkanes) is 1. The predicted octanol–water partition coefficient (Wildman–Crippen LogP) is 0.979. The summed E-state index contributed by atoms with van der Waals surface area (Å²) in [4.78, 5) is 14.2. The summed E-state index contributed by atoms with van der Waals surface area (Å²) in [7, 11) is 0. The number of hydrogen-bond acceptors (Lipinski definition) is 4. The van der Waals surface area contributed by atoms with Gasteiger partial charge >= 0.3 is 0 Å². The summed E-state index contributed by atoms with van der Waals surface area (Å²) in [5.74, 6) is 0.789. The molecule has 1 saturated heterocycles. The zero-order valence-electron chi connectivity index (χ0n) is 13.1. The molecular formula is C15H31N3O2. The summed E-state index contributed by atoms with van der Waals surface area (Å²) in [5.41, 5.74) is 5.44. The lowest BCUT2D eigenvalue weighted by Gasteiger charge is -2.35. The van der Waals surface area contributed by atoms with Crippen LogP contribution in [0.2, 0.25) is 0 Å². The number of carbonyl (C=O) groups excluding carboxylic acids is 1. The van der Waals surface area contributed by atoms with Gasteiger partial charge in [0.15, 0.2) is 0 Å². The number of ether oxygens (including phenoxy) is 1. The van der Waals surface area contributed by atoms with Crippen LogP contribution in [0.1, 0.15) is 39.5 Å². The van der Waals surface area contributed by atoms with E-state index in [1.54, 1.807) is 0 Å².